The first-order valence-corrected chi connectivity index (χ1v) is 5.53. The van der Waals surface area contributed by atoms with Crippen molar-refractivity contribution in [2.24, 2.45) is 0 Å². The Kier molecular flexibility index (Phi) is 3.34. The maximum Gasteiger partial charge on any atom is 0.0739 e. The fourth-order valence-corrected chi connectivity index (χ4v) is 1.91. The van der Waals surface area contributed by atoms with Gasteiger partial charge in [-0.05, 0) is 25.0 Å². The number of benzene rings is 1. The summed E-state index contributed by atoms with van der Waals surface area (Å²) in [4.78, 5) is 0. The number of hydrogen-bond donors (Lipinski definition) is 2. The van der Waals surface area contributed by atoms with Crippen LogP contribution in [0.15, 0.2) is 18.2 Å². The van der Waals surface area contributed by atoms with Crippen LogP contribution in [0.2, 0.25) is 5.02 Å². The van der Waals surface area contributed by atoms with Crippen LogP contribution in [0.4, 0.5) is 11.4 Å². The van der Waals surface area contributed by atoms with Crippen molar-refractivity contribution >= 4 is 23.0 Å². The molecular weight excluding hydrogens is 212 g/mol. The molecular formula is C11H15ClN2O. The molecule has 3 N–H and O–H groups in total. The van der Waals surface area contributed by atoms with E-state index >= 15 is 0 Å². The highest BCUT2D eigenvalue weighted by atomic mass is 35.5. The van der Waals surface area contributed by atoms with Gasteiger partial charge in [-0.25, -0.2) is 0 Å². The van der Waals surface area contributed by atoms with Gasteiger partial charge in [0.05, 0.1) is 23.0 Å². The van der Waals surface area contributed by atoms with Gasteiger partial charge in [-0.1, -0.05) is 17.7 Å². The van der Waals surface area contributed by atoms with Crippen molar-refractivity contribution in [1.29, 1.82) is 0 Å². The van der Waals surface area contributed by atoms with E-state index in [0.29, 0.717) is 16.8 Å². The molecule has 0 aliphatic carbocycles. The summed E-state index contributed by atoms with van der Waals surface area (Å²) in [5, 5.41) is 3.95. The number of halogens is 1. The summed E-state index contributed by atoms with van der Waals surface area (Å²) in [5.41, 5.74) is 7.38. The second kappa shape index (κ2) is 4.73. The molecule has 1 atom stereocenters. The standard InChI is InChI=1S/C11H15ClN2O/c12-9-4-1-5-10(11(9)13)14-8-3-2-6-15-7-8/h1,4-5,8,14H,2-3,6-7,13H2. The fraction of sp³-hybridized carbons (Fsp3) is 0.455. The lowest BCUT2D eigenvalue weighted by molar-refractivity contribution is 0.0876. The van der Waals surface area contributed by atoms with Crippen molar-refractivity contribution in [3.05, 3.63) is 23.2 Å². The highest BCUT2D eigenvalue weighted by Gasteiger charge is 2.14. The van der Waals surface area contributed by atoms with Gasteiger partial charge in [0, 0.05) is 12.6 Å². The van der Waals surface area contributed by atoms with Gasteiger partial charge in [-0.2, -0.15) is 0 Å². The van der Waals surface area contributed by atoms with Gasteiger partial charge in [0.2, 0.25) is 0 Å². The van der Waals surface area contributed by atoms with E-state index in [-0.39, 0.29) is 0 Å². The molecule has 1 aromatic rings. The molecule has 0 spiro atoms. The molecule has 1 fully saturated rings. The molecule has 0 aromatic heterocycles. The minimum atomic E-state index is 0.347. The molecule has 3 nitrogen and oxygen atoms in total. The average molecular weight is 227 g/mol. The van der Waals surface area contributed by atoms with Crippen molar-refractivity contribution in [1.82, 2.24) is 0 Å². The topological polar surface area (TPSA) is 47.3 Å². The van der Waals surface area contributed by atoms with Gasteiger partial charge >= 0.3 is 0 Å². The molecule has 1 aliphatic rings. The zero-order valence-corrected chi connectivity index (χ0v) is 9.26. The van der Waals surface area contributed by atoms with Gasteiger partial charge in [-0.3, -0.25) is 0 Å². The molecule has 0 bridgehead atoms. The molecule has 2 rings (SSSR count). The Morgan fingerprint density at radius 2 is 2.33 bits per heavy atom. The van der Waals surface area contributed by atoms with E-state index in [1.807, 2.05) is 12.1 Å². The largest absolute Gasteiger partial charge is 0.396 e. The van der Waals surface area contributed by atoms with E-state index in [4.69, 9.17) is 22.1 Å². The third kappa shape index (κ3) is 2.55. The van der Waals surface area contributed by atoms with Crippen molar-refractivity contribution in [2.75, 3.05) is 24.3 Å². The molecule has 1 heterocycles. The average Bonchev–Trinajstić information content (AvgIpc) is 2.26. The van der Waals surface area contributed by atoms with Crippen LogP contribution in [0, 0.1) is 0 Å². The van der Waals surface area contributed by atoms with Gasteiger partial charge in [0.15, 0.2) is 0 Å². The Balaban J connectivity index is 2.06. The van der Waals surface area contributed by atoms with E-state index < -0.39 is 0 Å². The summed E-state index contributed by atoms with van der Waals surface area (Å²) < 4.78 is 5.39. The number of rotatable bonds is 2. The predicted octanol–water partition coefficient (Wildman–Crippen LogP) is 2.51. The third-order valence-corrected chi connectivity index (χ3v) is 2.90. The van der Waals surface area contributed by atoms with Crippen LogP contribution in [0.3, 0.4) is 0 Å². The van der Waals surface area contributed by atoms with Gasteiger partial charge in [-0.15, -0.1) is 0 Å². The molecule has 82 valence electrons. The van der Waals surface area contributed by atoms with Crippen molar-refractivity contribution in [2.45, 2.75) is 18.9 Å². The Morgan fingerprint density at radius 1 is 1.47 bits per heavy atom. The summed E-state index contributed by atoms with van der Waals surface area (Å²) in [6, 6.07) is 5.97. The maximum atomic E-state index is 5.94. The van der Waals surface area contributed by atoms with Crippen LogP contribution in [0.1, 0.15) is 12.8 Å². The van der Waals surface area contributed by atoms with Crippen LogP contribution in [-0.4, -0.2) is 19.3 Å². The lowest BCUT2D eigenvalue weighted by Gasteiger charge is -2.24. The number of ether oxygens (including phenoxy) is 1. The highest BCUT2D eigenvalue weighted by Crippen LogP contribution is 2.28. The van der Waals surface area contributed by atoms with E-state index in [9.17, 15) is 0 Å². The summed E-state index contributed by atoms with van der Waals surface area (Å²) in [6.07, 6.45) is 2.21. The van der Waals surface area contributed by atoms with E-state index in [1.165, 1.54) is 0 Å². The lowest BCUT2D eigenvalue weighted by Crippen LogP contribution is -2.30. The number of anilines is 2. The molecule has 1 saturated heterocycles. The lowest BCUT2D eigenvalue weighted by atomic mass is 10.1. The molecule has 1 aliphatic heterocycles. The molecule has 4 heteroatoms. The summed E-state index contributed by atoms with van der Waals surface area (Å²) in [5.74, 6) is 0. The predicted molar refractivity (Wildman–Crippen MR) is 63.3 cm³/mol. The van der Waals surface area contributed by atoms with Crippen LogP contribution in [0.25, 0.3) is 0 Å². The number of nitrogens with two attached hydrogens (primary N) is 1. The molecule has 1 unspecified atom stereocenters. The van der Waals surface area contributed by atoms with Gasteiger partial charge in [0.1, 0.15) is 0 Å². The fourth-order valence-electron chi connectivity index (χ4n) is 1.74. The Hall–Kier alpha value is -0.930. The maximum absolute atomic E-state index is 5.94. The second-order valence-corrected chi connectivity index (χ2v) is 4.17. The number of hydrogen-bond acceptors (Lipinski definition) is 3. The van der Waals surface area contributed by atoms with E-state index in [1.54, 1.807) is 6.07 Å². The Bertz CT molecular complexity index is 337. The molecule has 1 aromatic carbocycles. The first-order chi connectivity index (χ1) is 7.27. The number of nitrogens with one attached hydrogen (secondary N) is 1. The monoisotopic (exact) mass is 226 g/mol. The first-order valence-electron chi connectivity index (χ1n) is 5.15. The molecule has 0 radical (unpaired) electrons. The zero-order valence-electron chi connectivity index (χ0n) is 8.50. The second-order valence-electron chi connectivity index (χ2n) is 3.76. The van der Waals surface area contributed by atoms with E-state index in [2.05, 4.69) is 5.32 Å². The normalized spacial score (nSPS) is 21.3. The van der Waals surface area contributed by atoms with Crippen LogP contribution in [0.5, 0.6) is 0 Å². The number of para-hydroxylation sites is 1. The first kappa shape index (κ1) is 10.6. The minimum absolute atomic E-state index is 0.347. The summed E-state index contributed by atoms with van der Waals surface area (Å²) in [7, 11) is 0. The number of nitrogen functional groups attached to an aromatic ring is 1. The minimum Gasteiger partial charge on any atom is -0.396 e. The third-order valence-electron chi connectivity index (χ3n) is 2.57. The van der Waals surface area contributed by atoms with Crippen LogP contribution < -0.4 is 11.1 Å². The van der Waals surface area contributed by atoms with Crippen molar-refractivity contribution in [3.8, 4) is 0 Å². The smallest absolute Gasteiger partial charge is 0.0739 e. The summed E-state index contributed by atoms with van der Waals surface area (Å²) in [6.45, 7) is 1.61. The Morgan fingerprint density at radius 3 is 3.07 bits per heavy atom. The van der Waals surface area contributed by atoms with Crippen molar-refractivity contribution in [3.63, 3.8) is 0 Å². The molecule has 0 saturated carbocycles. The van der Waals surface area contributed by atoms with Gasteiger partial charge < -0.3 is 15.8 Å². The Labute approximate surface area is 94.6 Å². The quantitative estimate of drug-likeness (QED) is 0.762. The zero-order chi connectivity index (χ0) is 10.7. The molecule has 15 heavy (non-hydrogen) atoms. The van der Waals surface area contributed by atoms with Gasteiger partial charge in [0.25, 0.3) is 0 Å². The van der Waals surface area contributed by atoms with E-state index in [0.717, 1.165) is 31.7 Å². The summed E-state index contributed by atoms with van der Waals surface area (Å²) >= 11 is 5.94. The van der Waals surface area contributed by atoms with Crippen LogP contribution >= 0.6 is 11.6 Å². The SMILES string of the molecule is Nc1c(Cl)cccc1NC1CCCOC1. The highest BCUT2D eigenvalue weighted by molar-refractivity contribution is 6.33. The van der Waals surface area contributed by atoms with Crippen molar-refractivity contribution < 1.29 is 4.74 Å². The molecule has 0 amide bonds. The van der Waals surface area contributed by atoms with Crippen LogP contribution in [-0.2, 0) is 4.74 Å².